The van der Waals surface area contributed by atoms with E-state index in [1.807, 2.05) is 0 Å². The van der Waals surface area contributed by atoms with Crippen LogP contribution in [0.3, 0.4) is 0 Å². The number of anilines is 1. The number of hydrogen-bond acceptors (Lipinski definition) is 5. The molecule has 0 amide bonds. The second kappa shape index (κ2) is 6.47. The molecule has 0 radical (unpaired) electrons. The minimum absolute atomic E-state index is 0.377. The maximum atomic E-state index is 13.5. The summed E-state index contributed by atoms with van der Waals surface area (Å²) in [6.07, 6.45) is 6.70. The van der Waals surface area contributed by atoms with Crippen LogP contribution in [0.4, 0.5) is 14.5 Å². The van der Waals surface area contributed by atoms with E-state index in [2.05, 4.69) is 19.9 Å². The van der Waals surface area contributed by atoms with Crippen LogP contribution in [0.5, 0.6) is 0 Å². The minimum atomic E-state index is -0.380. The number of imidazole rings is 1. The van der Waals surface area contributed by atoms with Crippen molar-refractivity contribution in [3.8, 4) is 11.5 Å². The molecule has 0 spiro atoms. The van der Waals surface area contributed by atoms with Gasteiger partial charge in [0.15, 0.2) is 5.82 Å². The molecule has 0 aliphatic carbocycles. The SMILES string of the molecule is Nc1cnc(-c2cnc3ccc(F)cn23)nc1CCc1ccc(F)cn1. The molecule has 4 heterocycles. The average Bonchev–Trinajstić information content (AvgIpc) is 3.05. The molecule has 0 atom stereocenters. The number of aromatic nitrogens is 5. The van der Waals surface area contributed by atoms with Gasteiger partial charge in [0.25, 0.3) is 0 Å². The van der Waals surface area contributed by atoms with Gasteiger partial charge in [0, 0.05) is 11.9 Å². The van der Waals surface area contributed by atoms with Crippen LogP contribution in [-0.4, -0.2) is 24.3 Å². The second-order valence-corrected chi connectivity index (χ2v) is 5.78. The van der Waals surface area contributed by atoms with E-state index in [1.165, 1.54) is 30.7 Å². The van der Waals surface area contributed by atoms with Gasteiger partial charge < -0.3 is 5.73 Å². The molecule has 0 bridgehead atoms. The molecular weight excluding hydrogens is 338 g/mol. The first kappa shape index (κ1) is 16.1. The highest BCUT2D eigenvalue weighted by molar-refractivity contribution is 5.58. The van der Waals surface area contributed by atoms with Gasteiger partial charge in [0.1, 0.15) is 23.0 Å². The number of nitrogens with two attached hydrogens (primary N) is 1. The van der Waals surface area contributed by atoms with Crippen molar-refractivity contribution in [2.75, 3.05) is 5.73 Å². The van der Waals surface area contributed by atoms with Crippen molar-refractivity contribution in [3.05, 3.63) is 72.1 Å². The van der Waals surface area contributed by atoms with Crippen LogP contribution in [0.15, 0.2) is 49.1 Å². The Morgan fingerprint density at radius 3 is 2.54 bits per heavy atom. The molecule has 0 saturated carbocycles. The Bertz CT molecular complexity index is 1070. The lowest BCUT2D eigenvalue weighted by Crippen LogP contribution is -2.05. The molecule has 2 N–H and O–H groups in total. The molecule has 0 aliphatic rings. The number of aryl methyl sites for hydroxylation is 2. The Kier molecular flexibility index (Phi) is 4.00. The molecule has 4 aromatic rings. The van der Waals surface area contributed by atoms with Crippen LogP contribution in [-0.2, 0) is 12.8 Å². The zero-order valence-corrected chi connectivity index (χ0v) is 13.6. The summed E-state index contributed by atoms with van der Waals surface area (Å²) in [6, 6.07) is 5.92. The van der Waals surface area contributed by atoms with Crippen LogP contribution < -0.4 is 5.73 Å². The van der Waals surface area contributed by atoms with E-state index in [9.17, 15) is 8.78 Å². The maximum absolute atomic E-state index is 13.5. The Labute approximate surface area is 147 Å². The number of nitrogen functional groups attached to an aromatic ring is 1. The molecule has 130 valence electrons. The maximum Gasteiger partial charge on any atom is 0.178 e. The Morgan fingerprint density at radius 2 is 1.73 bits per heavy atom. The number of halogens is 2. The molecule has 4 aromatic heterocycles. The van der Waals surface area contributed by atoms with Crippen molar-refractivity contribution in [3.63, 3.8) is 0 Å². The van der Waals surface area contributed by atoms with Crippen molar-refractivity contribution >= 4 is 11.3 Å². The van der Waals surface area contributed by atoms with Crippen LogP contribution in [0.2, 0.25) is 0 Å². The van der Waals surface area contributed by atoms with Gasteiger partial charge in [-0.25, -0.2) is 23.7 Å². The van der Waals surface area contributed by atoms with E-state index < -0.39 is 0 Å². The summed E-state index contributed by atoms with van der Waals surface area (Å²) in [5, 5.41) is 0. The lowest BCUT2D eigenvalue weighted by Gasteiger charge is -2.07. The van der Waals surface area contributed by atoms with Gasteiger partial charge in [0.05, 0.1) is 30.0 Å². The lowest BCUT2D eigenvalue weighted by atomic mass is 10.1. The topological polar surface area (TPSA) is 82.0 Å². The molecule has 8 heteroatoms. The van der Waals surface area contributed by atoms with E-state index in [-0.39, 0.29) is 11.6 Å². The fraction of sp³-hybridized carbons (Fsp3) is 0.111. The van der Waals surface area contributed by atoms with Crippen molar-refractivity contribution < 1.29 is 8.78 Å². The predicted molar refractivity (Wildman–Crippen MR) is 92.2 cm³/mol. The smallest absolute Gasteiger partial charge is 0.178 e. The van der Waals surface area contributed by atoms with Gasteiger partial charge >= 0.3 is 0 Å². The van der Waals surface area contributed by atoms with Gasteiger partial charge in [-0.1, -0.05) is 0 Å². The standard InChI is InChI=1S/C18H14F2N6/c19-11-1-3-13(22-7-11)4-5-15-14(21)8-24-18(25-15)16-9-23-17-6-2-12(20)10-26(16)17/h1-3,6-10H,4-5,21H2. The number of rotatable bonds is 4. The summed E-state index contributed by atoms with van der Waals surface area (Å²) in [5.41, 5.74) is 8.99. The quantitative estimate of drug-likeness (QED) is 0.611. The summed E-state index contributed by atoms with van der Waals surface area (Å²) < 4.78 is 28.1. The van der Waals surface area contributed by atoms with Crippen LogP contribution in [0.25, 0.3) is 17.2 Å². The summed E-state index contributed by atoms with van der Waals surface area (Å²) in [6.45, 7) is 0. The number of pyridine rings is 2. The third-order valence-corrected chi connectivity index (χ3v) is 4.01. The Morgan fingerprint density at radius 1 is 0.885 bits per heavy atom. The third kappa shape index (κ3) is 3.08. The molecule has 6 nitrogen and oxygen atoms in total. The fourth-order valence-corrected chi connectivity index (χ4v) is 2.67. The van der Waals surface area contributed by atoms with E-state index in [1.54, 1.807) is 22.7 Å². The summed E-state index contributed by atoms with van der Waals surface area (Å²) in [5.74, 6) is -0.355. The zero-order chi connectivity index (χ0) is 18.1. The second-order valence-electron chi connectivity index (χ2n) is 5.78. The molecule has 0 saturated heterocycles. The largest absolute Gasteiger partial charge is 0.396 e. The van der Waals surface area contributed by atoms with E-state index in [4.69, 9.17) is 5.73 Å². The highest BCUT2D eigenvalue weighted by atomic mass is 19.1. The number of nitrogens with zero attached hydrogens (tertiary/aromatic N) is 5. The van der Waals surface area contributed by atoms with Gasteiger partial charge in [-0.2, -0.15) is 0 Å². The van der Waals surface area contributed by atoms with E-state index in [0.717, 1.165) is 5.69 Å². The highest BCUT2D eigenvalue weighted by Crippen LogP contribution is 2.20. The average molecular weight is 352 g/mol. The summed E-state index contributed by atoms with van der Waals surface area (Å²) in [7, 11) is 0. The Hall–Kier alpha value is -3.42. The van der Waals surface area contributed by atoms with Crippen molar-refractivity contribution in [1.82, 2.24) is 24.3 Å². The molecule has 0 fully saturated rings. The lowest BCUT2D eigenvalue weighted by molar-refractivity contribution is 0.618. The van der Waals surface area contributed by atoms with Gasteiger partial charge in [-0.3, -0.25) is 9.38 Å². The fourth-order valence-electron chi connectivity index (χ4n) is 2.67. The monoisotopic (exact) mass is 352 g/mol. The zero-order valence-electron chi connectivity index (χ0n) is 13.6. The molecule has 0 aromatic carbocycles. The minimum Gasteiger partial charge on any atom is -0.396 e. The number of hydrogen-bond donors (Lipinski definition) is 1. The van der Waals surface area contributed by atoms with Crippen molar-refractivity contribution in [2.24, 2.45) is 0 Å². The first-order valence-electron chi connectivity index (χ1n) is 7.95. The van der Waals surface area contributed by atoms with Gasteiger partial charge in [0.2, 0.25) is 0 Å². The molecule has 0 unspecified atom stereocenters. The highest BCUT2D eigenvalue weighted by Gasteiger charge is 2.12. The third-order valence-electron chi connectivity index (χ3n) is 4.01. The van der Waals surface area contributed by atoms with Crippen molar-refractivity contribution in [1.29, 1.82) is 0 Å². The van der Waals surface area contributed by atoms with Crippen LogP contribution >= 0.6 is 0 Å². The van der Waals surface area contributed by atoms with E-state index in [0.29, 0.717) is 41.4 Å². The van der Waals surface area contributed by atoms with Gasteiger partial charge in [-0.15, -0.1) is 0 Å². The number of fused-ring (bicyclic) bond motifs is 1. The molecule has 4 rings (SSSR count). The Balaban J connectivity index is 1.65. The van der Waals surface area contributed by atoms with E-state index >= 15 is 0 Å². The van der Waals surface area contributed by atoms with Crippen molar-refractivity contribution in [2.45, 2.75) is 12.8 Å². The first-order valence-corrected chi connectivity index (χ1v) is 7.95. The summed E-state index contributed by atoms with van der Waals surface area (Å²) >= 11 is 0. The first-order chi connectivity index (χ1) is 12.6. The normalized spacial score (nSPS) is 11.2. The molecule has 26 heavy (non-hydrogen) atoms. The molecular formula is C18H14F2N6. The predicted octanol–water partition coefficient (Wildman–Crippen LogP) is 2.83. The van der Waals surface area contributed by atoms with Gasteiger partial charge in [-0.05, 0) is 37.1 Å². The molecule has 0 aliphatic heterocycles. The summed E-state index contributed by atoms with van der Waals surface area (Å²) in [4.78, 5) is 17.0. The van der Waals surface area contributed by atoms with Crippen LogP contribution in [0.1, 0.15) is 11.4 Å². The van der Waals surface area contributed by atoms with Crippen LogP contribution in [0, 0.1) is 11.6 Å².